The lowest BCUT2D eigenvalue weighted by Crippen LogP contribution is -2.31. The van der Waals surface area contributed by atoms with Crippen LogP contribution in [0, 0.1) is 17.0 Å². The topological polar surface area (TPSA) is 82.3 Å². The first-order valence-electron chi connectivity index (χ1n) is 10.9. The lowest BCUT2D eigenvalue weighted by Gasteiger charge is -2.19. The third kappa shape index (κ3) is 8.66. The third-order valence-electron chi connectivity index (χ3n) is 4.81. The van der Waals surface area contributed by atoms with Crippen LogP contribution < -0.4 is 11.0 Å². The second-order valence-corrected chi connectivity index (χ2v) is 8.54. The molecular formula is C26H37N3O4S2. The van der Waals surface area contributed by atoms with E-state index in [-0.39, 0.29) is 18.8 Å². The quantitative estimate of drug-likeness (QED) is 0.339. The number of nitrogens with one attached hydrogen (secondary N) is 1. The first-order chi connectivity index (χ1) is 16.7. The molecule has 0 saturated carbocycles. The SMILES string of the molecule is C#Cc1ccc(C(=O)CSC2=CCC(C)c3c(c(=S)n(C)c(=O)n3C)N2)cc1.C=O.CC.COC.[HH]. The van der Waals surface area contributed by atoms with Crippen LogP contribution in [0.15, 0.2) is 40.2 Å². The molecule has 0 radical (unpaired) electrons. The second-order valence-electron chi connectivity index (χ2n) is 7.14. The van der Waals surface area contributed by atoms with Crippen molar-refractivity contribution in [3.8, 4) is 12.3 Å². The molecule has 0 amide bonds. The number of nitrogens with zero attached hydrogens (tertiary/aromatic N) is 2. The van der Waals surface area contributed by atoms with E-state index in [4.69, 9.17) is 23.4 Å². The van der Waals surface area contributed by atoms with Gasteiger partial charge in [-0.05, 0) is 18.6 Å². The summed E-state index contributed by atoms with van der Waals surface area (Å²) >= 11 is 6.93. The molecule has 2 aromatic rings. The molecule has 192 valence electrons. The first-order valence-corrected chi connectivity index (χ1v) is 12.3. The number of ketones is 1. The van der Waals surface area contributed by atoms with Gasteiger partial charge in [-0.25, -0.2) is 4.79 Å². The van der Waals surface area contributed by atoms with Crippen molar-refractivity contribution < 1.29 is 15.8 Å². The number of fused-ring (bicyclic) bond motifs is 1. The van der Waals surface area contributed by atoms with Gasteiger partial charge in [0, 0.05) is 46.8 Å². The van der Waals surface area contributed by atoms with Crippen molar-refractivity contribution in [3.05, 3.63) is 67.3 Å². The number of ether oxygens (including phenoxy) is 1. The Bertz CT molecular complexity index is 1170. The maximum absolute atomic E-state index is 12.5. The van der Waals surface area contributed by atoms with E-state index >= 15 is 0 Å². The van der Waals surface area contributed by atoms with Crippen LogP contribution in [0.1, 0.15) is 56.2 Å². The summed E-state index contributed by atoms with van der Waals surface area (Å²) in [5.74, 6) is 3.00. The van der Waals surface area contributed by atoms with Crippen LogP contribution >= 0.6 is 24.0 Å². The zero-order valence-electron chi connectivity index (χ0n) is 21.5. The summed E-state index contributed by atoms with van der Waals surface area (Å²) in [6.07, 6.45) is 8.17. The molecule has 1 aliphatic heterocycles. The molecule has 0 aliphatic carbocycles. The van der Waals surface area contributed by atoms with Gasteiger partial charge < -0.3 is 14.8 Å². The molecule has 1 aromatic heterocycles. The van der Waals surface area contributed by atoms with Gasteiger partial charge in [0.25, 0.3) is 0 Å². The Morgan fingerprint density at radius 2 is 1.80 bits per heavy atom. The Balaban J connectivity index is 0. The number of terminal acetylenes is 1. The van der Waals surface area contributed by atoms with Gasteiger partial charge in [-0.15, -0.1) is 18.2 Å². The molecule has 1 aromatic carbocycles. The lowest BCUT2D eigenvalue weighted by atomic mass is 10.0. The molecular weight excluding hydrogens is 482 g/mol. The van der Waals surface area contributed by atoms with E-state index in [1.165, 1.54) is 16.3 Å². The highest BCUT2D eigenvalue weighted by atomic mass is 32.2. The number of benzene rings is 1. The second kappa shape index (κ2) is 16.7. The van der Waals surface area contributed by atoms with Crippen LogP contribution in [0.4, 0.5) is 5.69 Å². The van der Waals surface area contributed by atoms with Crippen LogP contribution in [-0.2, 0) is 23.6 Å². The van der Waals surface area contributed by atoms with E-state index in [1.54, 1.807) is 57.1 Å². The summed E-state index contributed by atoms with van der Waals surface area (Å²) in [7, 11) is 6.68. The number of methoxy groups -OCH3 is 1. The molecule has 3 rings (SSSR count). The van der Waals surface area contributed by atoms with E-state index in [0.717, 1.165) is 28.4 Å². The van der Waals surface area contributed by atoms with Crippen LogP contribution in [0.5, 0.6) is 0 Å². The van der Waals surface area contributed by atoms with Crippen molar-refractivity contribution in [2.75, 3.05) is 25.3 Å². The molecule has 0 fully saturated rings. The molecule has 0 spiro atoms. The number of carbonyl (C=O) groups excluding carboxylic acids is 2. The van der Waals surface area contributed by atoms with Crippen LogP contribution in [-0.4, -0.2) is 41.7 Å². The number of hydrogen-bond acceptors (Lipinski definition) is 7. The molecule has 1 N–H and O–H groups in total. The fourth-order valence-corrected chi connectivity index (χ4v) is 4.27. The summed E-state index contributed by atoms with van der Waals surface area (Å²) in [5, 5.41) is 4.22. The van der Waals surface area contributed by atoms with Gasteiger partial charge >= 0.3 is 5.69 Å². The number of thioether (sulfide) groups is 1. The predicted molar refractivity (Wildman–Crippen MR) is 151 cm³/mol. The smallest absolute Gasteiger partial charge is 0.328 e. The Morgan fingerprint density at radius 1 is 1.26 bits per heavy atom. The largest absolute Gasteiger partial charge is 0.388 e. The number of Topliss-reactive ketones (excluding diaryl/α,β-unsaturated/α-hetero) is 1. The van der Waals surface area contributed by atoms with E-state index in [9.17, 15) is 9.59 Å². The molecule has 1 atom stereocenters. The summed E-state index contributed by atoms with van der Waals surface area (Å²) in [6, 6.07) is 7.04. The Labute approximate surface area is 219 Å². The molecule has 1 unspecified atom stereocenters. The summed E-state index contributed by atoms with van der Waals surface area (Å²) < 4.78 is 7.82. The van der Waals surface area contributed by atoms with Crippen molar-refractivity contribution in [1.29, 1.82) is 0 Å². The van der Waals surface area contributed by atoms with Gasteiger partial charge in [-0.3, -0.25) is 13.9 Å². The fourth-order valence-electron chi connectivity index (χ4n) is 3.20. The number of carbonyl (C=O) groups is 2. The van der Waals surface area contributed by atoms with Gasteiger partial charge in [-0.2, -0.15) is 0 Å². The van der Waals surface area contributed by atoms with Crippen LogP contribution in [0.3, 0.4) is 0 Å². The molecule has 1 aliphatic rings. The van der Waals surface area contributed by atoms with Crippen molar-refractivity contribution >= 4 is 42.2 Å². The number of allylic oxidation sites excluding steroid dienone is 1. The van der Waals surface area contributed by atoms with Gasteiger partial charge in [0.2, 0.25) is 0 Å². The maximum Gasteiger partial charge on any atom is 0.328 e. The molecule has 9 heteroatoms. The summed E-state index contributed by atoms with van der Waals surface area (Å²) in [6.45, 7) is 8.07. The molecule has 2 heterocycles. The Hall–Kier alpha value is -2.93. The zero-order valence-corrected chi connectivity index (χ0v) is 23.1. The zero-order chi connectivity index (χ0) is 27.1. The normalized spacial score (nSPS) is 13.3. The Kier molecular flexibility index (Phi) is 15.3. The van der Waals surface area contributed by atoms with Crippen molar-refractivity contribution in [1.82, 2.24) is 9.13 Å². The minimum absolute atomic E-state index is 0. The minimum Gasteiger partial charge on any atom is -0.388 e. The van der Waals surface area contributed by atoms with Crippen molar-refractivity contribution in [2.24, 2.45) is 14.1 Å². The van der Waals surface area contributed by atoms with Crippen LogP contribution in [0.25, 0.3) is 0 Å². The van der Waals surface area contributed by atoms with Crippen LogP contribution in [0.2, 0.25) is 0 Å². The molecule has 7 nitrogen and oxygen atoms in total. The number of anilines is 1. The van der Waals surface area contributed by atoms with E-state index in [1.807, 2.05) is 20.6 Å². The number of rotatable bonds is 4. The highest BCUT2D eigenvalue weighted by Gasteiger charge is 2.22. The minimum atomic E-state index is -0.140. The molecule has 0 saturated heterocycles. The van der Waals surface area contributed by atoms with Crippen molar-refractivity contribution in [2.45, 2.75) is 33.1 Å². The predicted octanol–water partition coefficient (Wildman–Crippen LogP) is 5.16. The van der Waals surface area contributed by atoms with Crippen molar-refractivity contribution in [3.63, 3.8) is 0 Å². The maximum atomic E-state index is 12.5. The van der Waals surface area contributed by atoms with E-state index < -0.39 is 0 Å². The van der Waals surface area contributed by atoms with E-state index in [2.05, 4.69) is 29.0 Å². The van der Waals surface area contributed by atoms with Gasteiger partial charge in [0.1, 0.15) is 11.4 Å². The summed E-state index contributed by atoms with van der Waals surface area (Å²) in [4.78, 5) is 32.9. The van der Waals surface area contributed by atoms with Gasteiger partial charge in [-0.1, -0.05) is 57.1 Å². The highest BCUT2D eigenvalue weighted by molar-refractivity contribution is 8.03. The number of hydrogen-bond donors (Lipinski definition) is 1. The lowest BCUT2D eigenvalue weighted by molar-refractivity contribution is -0.0980. The first kappa shape index (κ1) is 32.1. The van der Waals surface area contributed by atoms with E-state index in [0.29, 0.717) is 16.0 Å². The standard InChI is InChI=1S/C21H21N3O2S2.C2H6O.C2H6.CH2O.H2/c1-5-14-7-9-15(10-8-14)16(25)12-28-17-11-6-13(2)19-18(22-17)20(27)24(4)21(26)23(19)3;1-3-2;2*1-2;/h1,7-11,13,22H,6,12H2,2-4H3;1-2H3;1-2H3;1H2;1H. The molecule has 0 bridgehead atoms. The van der Waals surface area contributed by atoms with Gasteiger partial charge in [0.15, 0.2) is 5.78 Å². The third-order valence-corrected chi connectivity index (χ3v) is 6.28. The average molecular weight is 520 g/mol. The highest BCUT2D eigenvalue weighted by Crippen LogP contribution is 2.34. The monoisotopic (exact) mass is 519 g/mol. The molecule has 35 heavy (non-hydrogen) atoms. The average Bonchev–Trinajstić information content (AvgIpc) is 3.06. The Morgan fingerprint density at radius 3 is 2.31 bits per heavy atom. The number of aromatic nitrogens is 2. The van der Waals surface area contributed by atoms with Gasteiger partial charge in [0.05, 0.1) is 22.2 Å². The summed E-state index contributed by atoms with van der Waals surface area (Å²) in [5.41, 5.74) is 2.89. The fraction of sp³-hybridized carbons (Fsp3) is 0.385.